The molecule has 144 valence electrons. The van der Waals surface area contributed by atoms with E-state index < -0.39 is 29.5 Å². The second-order valence-corrected chi connectivity index (χ2v) is 7.61. The molecule has 26 heavy (non-hydrogen) atoms. The van der Waals surface area contributed by atoms with Crippen LogP contribution >= 0.6 is 11.6 Å². The van der Waals surface area contributed by atoms with Crippen molar-refractivity contribution in [3.8, 4) is 0 Å². The van der Waals surface area contributed by atoms with Crippen molar-refractivity contribution in [2.45, 2.75) is 52.6 Å². The molecule has 0 aromatic heterocycles. The fourth-order valence-corrected chi connectivity index (χ4v) is 2.39. The molecule has 1 rings (SSSR count). The summed E-state index contributed by atoms with van der Waals surface area (Å²) in [6, 6.07) is 3.00. The van der Waals surface area contributed by atoms with Gasteiger partial charge in [-0.25, -0.2) is 9.59 Å². The van der Waals surface area contributed by atoms with Gasteiger partial charge in [-0.2, -0.15) is 0 Å². The van der Waals surface area contributed by atoms with Gasteiger partial charge in [0, 0.05) is 11.2 Å². The summed E-state index contributed by atoms with van der Waals surface area (Å²) in [4.78, 5) is 35.8. The lowest BCUT2D eigenvalue weighted by Crippen LogP contribution is -2.45. The zero-order chi connectivity index (χ0) is 20.1. The SMILES string of the molecule is CCC(C)C(NC(=O)c1cc(NC(=O)NC(C)(C)C)ccc1Cl)C(=O)O. The van der Waals surface area contributed by atoms with Gasteiger partial charge in [0.25, 0.3) is 5.91 Å². The monoisotopic (exact) mass is 383 g/mol. The molecule has 3 amide bonds. The van der Waals surface area contributed by atoms with E-state index in [4.69, 9.17) is 11.6 Å². The lowest BCUT2D eigenvalue weighted by molar-refractivity contribution is -0.140. The Morgan fingerprint density at radius 1 is 1.23 bits per heavy atom. The van der Waals surface area contributed by atoms with Crippen LogP contribution in [-0.4, -0.2) is 34.6 Å². The van der Waals surface area contributed by atoms with Crippen LogP contribution in [0.2, 0.25) is 5.02 Å². The van der Waals surface area contributed by atoms with Crippen molar-refractivity contribution >= 4 is 35.2 Å². The van der Waals surface area contributed by atoms with Crippen molar-refractivity contribution in [3.05, 3.63) is 28.8 Å². The fourth-order valence-electron chi connectivity index (χ4n) is 2.18. The molecule has 7 nitrogen and oxygen atoms in total. The third kappa shape index (κ3) is 6.55. The van der Waals surface area contributed by atoms with Crippen LogP contribution in [0.5, 0.6) is 0 Å². The Bertz CT molecular complexity index is 686. The number of anilines is 1. The van der Waals surface area contributed by atoms with E-state index in [0.29, 0.717) is 12.1 Å². The summed E-state index contributed by atoms with van der Waals surface area (Å²) >= 11 is 6.07. The molecule has 0 aliphatic rings. The smallest absolute Gasteiger partial charge is 0.326 e. The van der Waals surface area contributed by atoms with E-state index in [9.17, 15) is 19.5 Å². The van der Waals surface area contributed by atoms with Gasteiger partial charge in [0.05, 0.1) is 10.6 Å². The summed E-state index contributed by atoms with van der Waals surface area (Å²) in [5.74, 6) is -1.96. The van der Waals surface area contributed by atoms with Crippen LogP contribution < -0.4 is 16.0 Å². The minimum Gasteiger partial charge on any atom is -0.480 e. The second kappa shape index (κ2) is 8.89. The third-order valence-corrected chi connectivity index (χ3v) is 4.05. The number of carboxylic acids is 1. The van der Waals surface area contributed by atoms with Gasteiger partial charge in [-0.05, 0) is 44.9 Å². The summed E-state index contributed by atoms with van der Waals surface area (Å²) in [5, 5.41) is 17.3. The number of hydrogen-bond donors (Lipinski definition) is 4. The molecule has 2 atom stereocenters. The predicted molar refractivity (Wildman–Crippen MR) is 102 cm³/mol. The molecule has 1 aromatic carbocycles. The van der Waals surface area contributed by atoms with Crippen molar-refractivity contribution in [1.29, 1.82) is 0 Å². The normalized spacial score (nSPS) is 13.5. The van der Waals surface area contributed by atoms with Gasteiger partial charge < -0.3 is 21.1 Å². The summed E-state index contributed by atoms with van der Waals surface area (Å²) in [6.45, 7) is 9.12. The number of urea groups is 1. The molecule has 0 saturated carbocycles. The molecule has 1 aromatic rings. The summed E-state index contributed by atoms with van der Waals surface area (Å²) in [5.41, 5.74) is 0.0494. The van der Waals surface area contributed by atoms with E-state index in [0.717, 1.165) is 0 Å². The van der Waals surface area contributed by atoms with E-state index in [-0.39, 0.29) is 16.5 Å². The first-order chi connectivity index (χ1) is 11.9. The zero-order valence-corrected chi connectivity index (χ0v) is 16.4. The molecule has 2 unspecified atom stereocenters. The maximum Gasteiger partial charge on any atom is 0.326 e. The number of carboxylic acid groups (broad SMARTS) is 1. The molecule has 0 bridgehead atoms. The molecule has 8 heteroatoms. The first kappa shape index (κ1) is 21.8. The number of aliphatic carboxylic acids is 1. The van der Waals surface area contributed by atoms with Gasteiger partial charge in [0.1, 0.15) is 6.04 Å². The highest BCUT2D eigenvalue weighted by atomic mass is 35.5. The molecule has 4 N–H and O–H groups in total. The number of carbonyl (C=O) groups excluding carboxylic acids is 2. The minimum atomic E-state index is -1.11. The Balaban J connectivity index is 2.97. The van der Waals surface area contributed by atoms with Crippen LogP contribution in [0.3, 0.4) is 0 Å². The first-order valence-electron chi connectivity index (χ1n) is 8.37. The number of nitrogens with one attached hydrogen (secondary N) is 3. The maximum atomic E-state index is 12.5. The fraction of sp³-hybridized carbons (Fsp3) is 0.500. The number of amides is 3. The molecule has 0 heterocycles. The standard InChI is InChI=1S/C18H26ClN3O4/c1-6-10(2)14(16(24)25)21-15(23)12-9-11(7-8-13(12)19)20-17(26)22-18(3,4)5/h7-10,14H,6H2,1-5H3,(H,21,23)(H,24,25)(H2,20,22,26). The molecular formula is C18H26ClN3O4. The number of hydrogen-bond acceptors (Lipinski definition) is 3. The van der Waals surface area contributed by atoms with Crippen molar-refractivity contribution in [2.24, 2.45) is 5.92 Å². The minimum absolute atomic E-state index is 0.0924. The van der Waals surface area contributed by atoms with Gasteiger partial charge in [-0.15, -0.1) is 0 Å². The first-order valence-corrected chi connectivity index (χ1v) is 8.74. The number of halogens is 1. The Morgan fingerprint density at radius 3 is 2.35 bits per heavy atom. The van der Waals surface area contributed by atoms with Crippen LogP contribution in [0, 0.1) is 5.92 Å². The predicted octanol–water partition coefficient (Wildman–Crippen LogP) is 3.49. The van der Waals surface area contributed by atoms with Gasteiger partial charge in [0.15, 0.2) is 0 Å². The number of benzene rings is 1. The molecule has 0 radical (unpaired) electrons. The highest BCUT2D eigenvalue weighted by Crippen LogP contribution is 2.21. The molecule has 0 spiro atoms. The number of carbonyl (C=O) groups is 3. The average molecular weight is 384 g/mol. The molecular weight excluding hydrogens is 358 g/mol. The molecule has 0 aliphatic carbocycles. The van der Waals surface area contributed by atoms with E-state index in [1.807, 2.05) is 27.7 Å². The van der Waals surface area contributed by atoms with Crippen molar-refractivity contribution in [3.63, 3.8) is 0 Å². The van der Waals surface area contributed by atoms with Crippen LogP contribution in [0.1, 0.15) is 51.4 Å². The van der Waals surface area contributed by atoms with E-state index >= 15 is 0 Å². The van der Waals surface area contributed by atoms with Crippen molar-refractivity contribution in [1.82, 2.24) is 10.6 Å². The quantitative estimate of drug-likeness (QED) is 0.603. The topological polar surface area (TPSA) is 108 Å². The lowest BCUT2D eigenvalue weighted by atomic mass is 9.99. The summed E-state index contributed by atoms with van der Waals surface area (Å²) in [6.07, 6.45) is 0.597. The largest absolute Gasteiger partial charge is 0.480 e. The van der Waals surface area contributed by atoms with E-state index in [1.165, 1.54) is 12.1 Å². The van der Waals surface area contributed by atoms with Crippen LogP contribution in [0.15, 0.2) is 18.2 Å². The zero-order valence-electron chi connectivity index (χ0n) is 15.6. The van der Waals surface area contributed by atoms with E-state index in [2.05, 4.69) is 16.0 Å². The average Bonchev–Trinajstić information content (AvgIpc) is 2.51. The number of rotatable bonds is 6. The van der Waals surface area contributed by atoms with Crippen molar-refractivity contribution in [2.75, 3.05) is 5.32 Å². The van der Waals surface area contributed by atoms with Crippen molar-refractivity contribution < 1.29 is 19.5 Å². The Kier molecular flexibility index (Phi) is 7.44. The second-order valence-electron chi connectivity index (χ2n) is 7.20. The lowest BCUT2D eigenvalue weighted by Gasteiger charge is -2.21. The van der Waals surface area contributed by atoms with E-state index in [1.54, 1.807) is 13.0 Å². The maximum absolute atomic E-state index is 12.5. The summed E-state index contributed by atoms with van der Waals surface area (Å²) in [7, 11) is 0. The molecule has 0 fully saturated rings. The van der Waals surface area contributed by atoms with Gasteiger partial charge >= 0.3 is 12.0 Å². The highest BCUT2D eigenvalue weighted by molar-refractivity contribution is 6.34. The molecule has 0 aliphatic heterocycles. The Morgan fingerprint density at radius 2 is 1.85 bits per heavy atom. The Hall–Kier alpha value is -2.28. The van der Waals surface area contributed by atoms with Crippen LogP contribution in [0.4, 0.5) is 10.5 Å². The molecule has 0 saturated heterocycles. The summed E-state index contributed by atoms with van der Waals surface area (Å²) < 4.78 is 0. The van der Waals surface area contributed by atoms with Gasteiger partial charge in [-0.3, -0.25) is 4.79 Å². The van der Waals surface area contributed by atoms with Gasteiger partial charge in [-0.1, -0.05) is 31.9 Å². The van der Waals surface area contributed by atoms with Crippen LogP contribution in [-0.2, 0) is 4.79 Å². The third-order valence-electron chi connectivity index (χ3n) is 3.72. The highest BCUT2D eigenvalue weighted by Gasteiger charge is 2.26. The van der Waals surface area contributed by atoms with Crippen LogP contribution in [0.25, 0.3) is 0 Å². The Labute approximate surface area is 158 Å². The van der Waals surface area contributed by atoms with Gasteiger partial charge in [0.2, 0.25) is 0 Å².